The summed E-state index contributed by atoms with van der Waals surface area (Å²) in [7, 11) is 1.69. The highest BCUT2D eigenvalue weighted by atomic mass is 16.6. The smallest absolute Gasteiger partial charge is 0.156 e. The topological polar surface area (TPSA) is 48.1 Å². The van der Waals surface area contributed by atoms with Crippen LogP contribution in [0.4, 0.5) is 0 Å². The largest absolute Gasteiger partial charge is 0.497 e. The molecule has 0 aromatic heterocycles. The van der Waals surface area contributed by atoms with Crippen molar-refractivity contribution in [3.8, 4) is 5.75 Å². The lowest BCUT2D eigenvalue weighted by atomic mass is 9.67. The Kier molecular flexibility index (Phi) is 3.67. The number of methoxy groups -OCH3 is 1. The summed E-state index contributed by atoms with van der Waals surface area (Å²) in [5.41, 5.74) is 5.22. The van der Waals surface area contributed by atoms with Gasteiger partial charge in [-0.1, -0.05) is 12.1 Å². The van der Waals surface area contributed by atoms with E-state index in [2.05, 4.69) is 12.1 Å². The first kappa shape index (κ1) is 17.0. The van der Waals surface area contributed by atoms with Gasteiger partial charge in [0.15, 0.2) is 5.78 Å². The zero-order valence-electron chi connectivity index (χ0n) is 16.3. The summed E-state index contributed by atoms with van der Waals surface area (Å²) < 4.78 is 18.2. The molecule has 2 aliphatic heterocycles. The van der Waals surface area contributed by atoms with Crippen molar-refractivity contribution < 1.29 is 19.0 Å². The average molecular weight is 378 g/mol. The minimum absolute atomic E-state index is 0.0485. The van der Waals surface area contributed by atoms with Gasteiger partial charge in [-0.15, -0.1) is 0 Å². The Bertz CT molecular complexity index is 896. The van der Waals surface area contributed by atoms with Crippen LogP contribution in [-0.4, -0.2) is 31.2 Å². The summed E-state index contributed by atoms with van der Waals surface area (Å²) in [6.45, 7) is 0.685. The van der Waals surface area contributed by atoms with Gasteiger partial charge in [0.1, 0.15) is 17.5 Å². The Balaban J connectivity index is 1.49. The van der Waals surface area contributed by atoms with Crippen LogP contribution in [0.2, 0.25) is 0 Å². The Hall–Kier alpha value is -1.91. The van der Waals surface area contributed by atoms with Crippen LogP contribution in [0.3, 0.4) is 0 Å². The van der Waals surface area contributed by atoms with Crippen LogP contribution in [-0.2, 0) is 14.3 Å². The normalized spacial score (nSPS) is 38.6. The van der Waals surface area contributed by atoms with E-state index < -0.39 is 0 Å². The molecule has 5 aliphatic rings. The number of carbonyl (C=O) groups is 1. The predicted octanol–water partition coefficient (Wildman–Crippen LogP) is 4.31. The molecule has 5 atom stereocenters. The molecule has 0 radical (unpaired) electrons. The molecule has 6 rings (SSSR count). The molecule has 1 saturated carbocycles. The van der Waals surface area contributed by atoms with Crippen molar-refractivity contribution >= 4 is 5.78 Å². The average Bonchev–Trinajstić information content (AvgIpc) is 3.36. The number of benzene rings is 1. The molecule has 2 unspecified atom stereocenters. The van der Waals surface area contributed by atoms with Gasteiger partial charge >= 0.3 is 0 Å². The van der Waals surface area contributed by atoms with E-state index in [4.69, 9.17) is 14.2 Å². The van der Waals surface area contributed by atoms with Crippen molar-refractivity contribution in [3.05, 3.63) is 52.6 Å². The highest BCUT2D eigenvalue weighted by molar-refractivity contribution is 5.93. The number of hydrogen-bond donors (Lipinski definition) is 0. The van der Waals surface area contributed by atoms with Crippen LogP contribution in [0.15, 0.2) is 47.1 Å². The highest BCUT2D eigenvalue weighted by Crippen LogP contribution is 2.63. The molecule has 4 heteroatoms. The lowest BCUT2D eigenvalue weighted by molar-refractivity contribution is -0.114. The van der Waals surface area contributed by atoms with Gasteiger partial charge in [-0.3, -0.25) is 4.79 Å². The minimum atomic E-state index is -0.0522. The summed E-state index contributed by atoms with van der Waals surface area (Å²) in [5, 5.41) is 0. The maximum Gasteiger partial charge on any atom is 0.156 e. The van der Waals surface area contributed by atoms with Crippen LogP contribution in [0.5, 0.6) is 5.75 Å². The zero-order valence-corrected chi connectivity index (χ0v) is 16.3. The van der Waals surface area contributed by atoms with Crippen molar-refractivity contribution in [1.29, 1.82) is 0 Å². The van der Waals surface area contributed by atoms with E-state index in [0.717, 1.165) is 25.0 Å². The number of hydrogen-bond acceptors (Lipinski definition) is 4. The lowest BCUT2D eigenvalue weighted by Crippen LogP contribution is -2.33. The maximum atomic E-state index is 12.0. The third-order valence-corrected chi connectivity index (χ3v) is 7.70. The number of allylic oxidation sites excluding steroid dienone is 3. The monoisotopic (exact) mass is 378 g/mol. The number of fused-ring (bicyclic) bond motifs is 3. The van der Waals surface area contributed by atoms with Gasteiger partial charge in [0, 0.05) is 6.42 Å². The molecule has 3 aliphatic carbocycles. The Morgan fingerprint density at radius 3 is 2.71 bits per heavy atom. The molecule has 0 bridgehead atoms. The van der Waals surface area contributed by atoms with Gasteiger partial charge in [0.25, 0.3) is 0 Å². The van der Waals surface area contributed by atoms with Crippen molar-refractivity contribution in [3.63, 3.8) is 0 Å². The molecular weight excluding hydrogens is 352 g/mol. The van der Waals surface area contributed by atoms with Crippen LogP contribution in [0.1, 0.15) is 50.2 Å². The first-order chi connectivity index (χ1) is 13.7. The van der Waals surface area contributed by atoms with E-state index in [1.165, 1.54) is 35.1 Å². The minimum Gasteiger partial charge on any atom is -0.497 e. The van der Waals surface area contributed by atoms with Gasteiger partial charge in [0.05, 0.1) is 19.8 Å². The first-order valence-corrected chi connectivity index (χ1v) is 10.6. The summed E-state index contributed by atoms with van der Waals surface area (Å²) in [6.07, 6.45) is 8.26. The standard InChI is InChI=1S/C24H26O4/c1-26-17-6-2-14(3-7-17)23-22-18-9-5-16(25)12-15(18)4-8-19(22)20-10-11-21-24(20,28-21)13-27-23/h2-3,6-7,12,19-21,23H,4-5,8-11,13H2,1H3/t19?,20?,21-,23+,24+/m0/s1. The molecule has 146 valence electrons. The zero-order chi connectivity index (χ0) is 18.9. The molecule has 2 heterocycles. The van der Waals surface area contributed by atoms with E-state index in [1.54, 1.807) is 7.11 Å². The van der Waals surface area contributed by atoms with E-state index in [-0.39, 0.29) is 17.5 Å². The quantitative estimate of drug-likeness (QED) is 0.720. The van der Waals surface area contributed by atoms with Gasteiger partial charge in [0.2, 0.25) is 0 Å². The van der Waals surface area contributed by atoms with Crippen LogP contribution in [0, 0.1) is 11.8 Å². The molecule has 1 aromatic carbocycles. The van der Waals surface area contributed by atoms with Gasteiger partial charge in [-0.2, -0.15) is 0 Å². The van der Waals surface area contributed by atoms with E-state index in [0.29, 0.717) is 31.0 Å². The molecule has 0 amide bonds. The maximum absolute atomic E-state index is 12.0. The highest BCUT2D eigenvalue weighted by Gasteiger charge is 2.68. The number of rotatable bonds is 2. The van der Waals surface area contributed by atoms with Gasteiger partial charge < -0.3 is 14.2 Å². The number of carbonyl (C=O) groups excluding carboxylic acids is 1. The van der Waals surface area contributed by atoms with Crippen molar-refractivity contribution in [1.82, 2.24) is 0 Å². The fourth-order valence-electron chi connectivity index (χ4n) is 6.35. The fraction of sp³-hybridized carbons (Fsp3) is 0.542. The van der Waals surface area contributed by atoms with Crippen LogP contribution in [0.25, 0.3) is 0 Å². The summed E-state index contributed by atoms with van der Waals surface area (Å²) in [5.74, 6) is 2.20. The number of epoxide rings is 1. The van der Waals surface area contributed by atoms with Crippen molar-refractivity contribution in [2.45, 2.75) is 56.3 Å². The molecule has 3 fully saturated rings. The molecule has 0 N–H and O–H groups in total. The van der Waals surface area contributed by atoms with Crippen LogP contribution < -0.4 is 4.74 Å². The van der Waals surface area contributed by atoms with Crippen molar-refractivity contribution in [2.24, 2.45) is 11.8 Å². The van der Waals surface area contributed by atoms with E-state index in [9.17, 15) is 4.79 Å². The Labute approximate surface area is 165 Å². The second kappa shape index (κ2) is 6.04. The van der Waals surface area contributed by atoms with Gasteiger partial charge in [-0.25, -0.2) is 0 Å². The molecule has 1 aromatic rings. The third-order valence-electron chi connectivity index (χ3n) is 7.70. The predicted molar refractivity (Wildman–Crippen MR) is 104 cm³/mol. The molecule has 28 heavy (non-hydrogen) atoms. The lowest BCUT2D eigenvalue weighted by Gasteiger charge is -2.38. The third kappa shape index (κ3) is 2.34. The molecular formula is C24H26O4. The Morgan fingerprint density at radius 1 is 1.07 bits per heavy atom. The number of ether oxygens (including phenoxy) is 3. The van der Waals surface area contributed by atoms with E-state index >= 15 is 0 Å². The Morgan fingerprint density at radius 2 is 1.93 bits per heavy atom. The second-order valence-corrected chi connectivity index (χ2v) is 8.92. The van der Waals surface area contributed by atoms with E-state index in [1.807, 2.05) is 18.2 Å². The molecule has 2 saturated heterocycles. The number of ketones is 1. The molecule has 4 nitrogen and oxygen atoms in total. The van der Waals surface area contributed by atoms with Gasteiger partial charge in [-0.05, 0) is 84.4 Å². The summed E-state index contributed by atoms with van der Waals surface area (Å²) in [6, 6.07) is 8.29. The summed E-state index contributed by atoms with van der Waals surface area (Å²) >= 11 is 0. The summed E-state index contributed by atoms with van der Waals surface area (Å²) in [4.78, 5) is 12.0. The first-order valence-electron chi connectivity index (χ1n) is 10.6. The van der Waals surface area contributed by atoms with Crippen molar-refractivity contribution in [2.75, 3.05) is 13.7 Å². The fourth-order valence-corrected chi connectivity index (χ4v) is 6.35. The second-order valence-electron chi connectivity index (χ2n) is 8.92. The van der Waals surface area contributed by atoms with Crippen LogP contribution >= 0.6 is 0 Å². The SMILES string of the molecule is COc1ccc([C@H]2OC[C@]34O[C@H]3CCC4C3CCC4=CC(=O)CCC4=C32)cc1. The molecule has 1 spiro atoms.